The van der Waals surface area contributed by atoms with Gasteiger partial charge in [-0.05, 0) is 50.6 Å². The Morgan fingerprint density at radius 3 is 2.65 bits per heavy atom. The number of aryl methyl sites for hydroxylation is 1. The van der Waals surface area contributed by atoms with E-state index < -0.39 is 12.1 Å². The van der Waals surface area contributed by atoms with Crippen LogP contribution in [0.1, 0.15) is 36.1 Å². The number of anilines is 1. The highest BCUT2D eigenvalue weighted by Crippen LogP contribution is 2.32. The standard InChI is InChI=1S/C17H19F3N4O2/c1-11-3-2-4-13(9-11)21-14(25)10-24-7-5-12(6-8-24)15-22-23-16(26-15)17(18,19)20/h2-4,9,12H,5-8,10H2,1H3,(H,21,25). The first-order chi connectivity index (χ1) is 12.3. The number of hydrogen-bond donors (Lipinski definition) is 1. The van der Waals surface area contributed by atoms with Crippen LogP contribution in [0.2, 0.25) is 0 Å². The number of hydrogen-bond acceptors (Lipinski definition) is 5. The van der Waals surface area contributed by atoms with Gasteiger partial charge in [0.2, 0.25) is 11.8 Å². The lowest BCUT2D eigenvalue weighted by Crippen LogP contribution is -2.38. The summed E-state index contributed by atoms with van der Waals surface area (Å²) in [6.45, 7) is 3.34. The topological polar surface area (TPSA) is 71.3 Å². The van der Waals surface area contributed by atoms with Gasteiger partial charge in [0, 0.05) is 11.6 Å². The fraction of sp³-hybridized carbons (Fsp3) is 0.471. The molecule has 3 rings (SSSR count). The summed E-state index contributed by atoms with van der Waals surface area (Å²) in [5.41, 5.74) is 1.80. The van der Waals surface area contributed by atoms with Gasteiger partial charge in [0.05, 0.1) is 6.54 Å². The zero-order valence-electron chi connectivity index (χ0n) is 14.2. The van der Waals surface area contributed by atoms with Crippen LogP contribution >= 0.6 is 0 Å². The zero-order chi connectivity index (χ0) is 18.7. The van der Waals surface area contributed by atoms with E-state index >= 15 is 0 Å². The highest BCUT2D eigenvalue weighted by atomic mass is 19.4. The van der Waals surface area contributed by atoms with Crippen molar-refractivity contribution < 1.29 is 22.4 Å². The maximum absolute atomic E-state index is 12.5. The second-order valence-electron chi connectivity index (χ2n) is 6.41. The molecule has 0 spiro atoms. The number of halogens is 3. The summed E-state index contributed by atoms with van der Waals surface area (Å²) >= 11 is 0. The molecule has 6 nitrogen and oxygen atoms in total. The third-order valence-electron chi connectivity index (χ3n) is 4.29. The molecule has 2 aromatic rings. The lowest BCUT2D eigenvalue weighted by molar-refractivity contribution is -0.157. The molecule has 0 atom stereocenters. The first-order valence-corrected chi connectivity index (χ1v) is 8.31. The van der Waals surface area contributed by atoms with E-state index in [2.05, 4.69) is 15.5 Å². The van der Waals surface area contributed by atoms with Gasteiger partial charge in [0.1, 0.15) is 0 Å². The summed E-state index contributed by atoms with van der Waals surface area (Å²) in [7, 11) is 0. The number of alkyl halides is 3. The molecular formula is C17H19F3N4O2. The average molecular weight is 368 g/mol. The largest absolute Gasteiger partial charge is 0.470 e. The molecule has 1 aliphatic heterocycles. The first kappa shape index (κ1) is 18.4. The highest BCUT2D eigenvalue weighted by molar-refractivity contribution is 5.92. The van der Waals surface area contributed by atoms with Gasteiger partial charge in [0.15, 0.2) is 0 Å². The van der Waals surface area contributed by atoms with Crippen LogP contribution in [0.25, 0.3) is 0 Å². The number of nitrogens with zero attached hydrogens (tertiary/aromatic N) is 3. The van der Waals surface area contributed by atoms with Crippen LogP contribution in [0.4, 0.5) is 18.9 Å². The Hall–Kier alpha value is -2.42. The molecule has 26 heavy (non-hydrogen) atoms. The van der Waals surface area contributed by atoms with E-state index in [-0.39, 0.29) is 24.3 Å². The van der Waals surface area contributed by atoms with Gasteiger partial charge >= 0.3 is 12.1 Å². The molecule has 1 saturated heterocycles. The van der Waals surface area contributed by atoms with E-state index in [1.54, 1.807) is 0 Å². The first-order valence-electron chi connectivity index (χ1n) is 8.31. The summed E-state index contributed by atoms with van der Waals surface area (Å²) < 4.78 is 42.3. The predicted molar refractivity (Wildman–Crippen MR) is 87.5 cm³/mol. The monoisotopic (exact) mass is 368 g/mol. The minimum atomic E-state index is -4.63. The van der Waals surface area contributed by atoms with E-state index in [1.165, 1.54) is 0 Å². The Labute approximate surface area is 148 Å². The third-order valence-corrected chi connectivity index (χ3v) is 4.29. The molecule has 1 fully saturated rings. The van der Waals surface area contributed by atoms with E-state index in [1.807, 2.05) is 36.1 Å². The molecule has 0 saturated carbocycles. The van der Waals surface area contributed by atoms with Crippen molar-refractivity contribution >= 4 is 11.6 Å². The molecule has 1 aromatic carbocycles. The Morgan fingerprint density at radius 2 is 2.04 bits per heavy atom. The van der Waals surface area contributed by atoms with Crippen LogP contribution in [0.5, 0.6) is 0 Å². The van der Waals surface area contributed by atoms with Crippen molar-refractivity contribution in [3.63, 3.8) is 0 Å². The number of carbonyl (C=O) groups excluding carboxylic acids is 1. The van der Waals surface area contributed by atoms with E-state index in [9.17, 15) is 18.0 Å². The number of amides is 1. The smallest absolute Gasteiger partial charge is 0.417 e. The number of aromatic nitrogens is 2. The zero-order valence-corrected chi connectivity index (χ0v) is 14.2. The van der Waals surface area contributed by atoms with Gasteiger partial charge in [-0.1, -0.05) is 12.1 Å². The van der Waals surface area contributed by atoms with E-state index in [4.69, 9.17) is 4.42 Å². The number of likely N-dealkylation sites (tertiary alicyclic amines) is 1. The van der Waals surface area contributed by atoms with Crippen LogP contribution in [0, 0.1) is 6.92 Å². The minimum Gasteiger partial charge on any atom is -0.417 e. The summed E-state index contributed by atoms with van der Waals surface area (Å²) in [5, 5.41) is 9.43. The molecule has 0 aliphatic carbocycles. The van der Waals surface area contributed by atoms with E-state index in [0.717, 1.165) is 11.3 Å². The van der Waals surface area contributed by atoms with Crippen molar-refractivity contribution in [1.29, 1.82) is 0 Å². The second-order valence-corrected chi connectivity index (χ2v) is 6.41. The van der Waals surface area contributed by atoms with Crippen molar-refractivity contribution in [3.05, 3.63) is 41.6 Å². The second kappa shape index (κ2) is 7.45. The molecule has 1 amide bonds. The minimum absolute atomic E-state index is 0.0150. The Kier molecular flexibility index (Phi) is 5.26. The number of piperidine rings is 1. The van der Waals surface area contributed by atoms with Crippen LogP contribution in [-0.2, 0) is 11.0 Å². The Morgan fingerprint density at radius 1 is 1.31 bits per heavy atom. The number of rotatable bonds is 4. The quantitative estimate of drug-likeness (QED) is 0.897. The number of carbonyl (C=O) groups is 1. The van der Waals surface area contributed by atoms with Gasteiger partial charge < -0.3 is 9.73 Å². The highest BCUT2D eigenvalue weighted by Gasteiger charge is 2.39. The van der Waals surface area contributed by atoms with Gasteiger partial charge in [0.25, 0.3) is 0 Å². The van der Waals surface area contributed by atoms with Crippen molar-refractivity contribution in [2.24, 2.45) is 0 Å². The molecule has 1 aliphatic rings. The molecule has 1 aromatic heterocycles. The Balaban J connectivity index is 1.49. The number of nitrogens with one attached hydrogen (secondary N) is 1. The molecule has 140 valence electrons. The van der Waals surface area contributed by atoms with Gasteiger partial charge in [-0.2, -0.15) is 13.2 Å². The van der Waals surface area contributed by atoms with Gasteiger partial charge in [-0.15, -0.1) is 10.2 Å². The van der Waals surface area contributed by atoms with Crippen molar-refractivity contribution in [3.8, 4) is 0 Å². The maximum Gasteiger partial charge on any atom is 0.470 e. The predicted octanol–water partition coefficient (Wildman–Crippen LogP) is 3.21. The number of benzene rings is 1. The summed E-state index contributed by atoms with van der Waals surface area (Å²) in [6.07, 6.45) is -3.49. The van der Waals surface area contributed by atoms with Crippen molar-refractivity contribution in [2.45, 2.75) is 31.9 Å². The van der Waals surface area contributed by atoms with Crippen LogP contribution in [0.3, 0.4) is 0 Å². The molecule has 1 N–H and O–H groups in total. The lowest BCUT2D eigenvalue weighted by atomic mass is 9.97. The van der Waals surface area contributed by atoms with Crippen LogP contribution < -0.4 is 5.32 Å². The molecule has 2 heterocycles. The SMILES string of the molecule is Cc1cccc(NC(=O)CN2CCC(c3nnc(C(F)(F)F)o3)CC2)c1. The molecular weight excluding hydrogens is 349 g/mol. The van der Waals surface area contributed by atoms with Crippen LogP contribution in [0.15, 0.2) is 28.7 Å². The van der Waals surface area contributed by atoms with Gasteiger partial charge in [-0.25, -0.2) is 0 Å². The molecule has 0 radical (unpaired) electrons. The van der Waals surface area contributed by atoms with Crippen molar-refractivity contribution in [1.82, 2.24) is 15.1 Å². The summed E-state index contributed by atoms with van der Waals surface area (Å²) in [5.74, 6) is -1.63. The average Bonchev–Trinajstić information content (AvgIpc) is 3.06. The van der Waals surface area contributed by atoms with Crippen molar-refractivity contribution in [2.75, 3.05) is 25.0 Å². The Bertz CT molecular complexity index is 767. The summed E-state index contributed by atoms with van der Waals surface area (Å²) in [6, 6.07) is 7.53. The third kappa shape index (κ3) is 4.60. The fourth-order valence-corrected chi connectivity index (χ4v) is 2.98. The molecule has 9 heteroatoms. The normalized spacial score (nSPS) is 16.6. The maximum atomic E-state index is 12.5. The van der Waals surface area contributed by atoms with Crippen LogP contribution in [-0.4, -0.2) is 40.6 Å². The summed E-state index contributed by atoms with van der Waals surface area (Å²) in [4.78, 5) is 14.1. The van der Waals surface area contributed by atoms with E-state index in [0.29, 0.717) is 25.9 Å². The fourth-order valence-electron chi connectivity index (χ4n) is 2.98. The lowest BCUT2D eigenvalue weighted by Gasteiger charge is -2.29. The molecule has 0 bridgehead atoms. The van der Waals surface area contributed by atoms with Gasteiger partial charge in [-0.3, -0.25) is 9.69 Å². The molecule has 0 unspecified atom stereocenters.